The standard InChI is InChI=1S/C19H21ClN4O3S/c1-4-8-23-15(25)13-7-6-12(20)11-14(13)21-18(23)28-10-5-9-24-16(26)19(2,3)22-17(24)27/h4,6-7,11H,1,5,8-10H2,2-3H3,(H,22,27). The Morgan fingerprint density at radius 2 is 2.07 bits per heavy atom. The van der Waals surface area contributed by atoms with Crippen molar-refractivity contribution < 1.29 is 9.59 Å². The Hall–Kier alpha value is -2.32. The van der Waals surface area contributed by atoms with Crippen molar-refractivity contribution in [3.05, 3.63) is 46.2 Å². The first-order valence-corrected chi connectivity index (χ1v) is 10.2. The Labute approximate surface area is 171 Å². The summed E-state index contributed by atoms with van der Waals surface area (Å²) in [4.78, 5) is 42.7. The quantitative estimate of drug-likeness (QED) is 0.245. The molecule has 7 nitrogen and oxygen atoms in total. The van der Waals surface area contributed by atoms with Crippen LogP contribution in [0.15, 0.2) is 40.8 Å². The van der Waals surface area contributed by atoms with Crippen molar-refractivity contribution in [3.8, 4) is 0 Å². The average Bonchev–Trinajstić information content (AvgIpc) is 2.82. The van der Waals surface area contributed by atoms with E-state index in [9.17, 15) is 14.4 Å². The third-order valence-electron chi connectivity index (χ3n) is 4.40. The van der Waals surface area contributed by atoms with Crippen LogP contribution in [-0.2, 0) is 11.3 Å². The molecule has 3 amide bonds. The number of hydrogen-bond donors (Lipinski definition) is 1. The minimum Gasteiger partial charge on any atom is -0.324 e. The SMILES string of the molecule is C=CCn1c(SCCCN2C(=O)NC(C)(C)C2=O)nc2cc(Cl)ccc2c1=O. The number of benzene rings is 1. The first-order chi connectivity index (χ1) is 13.2. The molecule has 0 unspecified atom stereocenters. The number of aromatic nitrogens is 2. The van der Waals surface area contributed by atoms with Crippen LogP contribution in [0.3, 0.4) is 0 Å². The van der Waals surface area contributed by atoms with E-state index in [1.54, 1.807) is 42.7 Å². The van der Waals surface area contributed by atoms with E-state index in [-0.39, 0.29) is 17.5 Å². The maximum atomic E-state index is 12.8. The van der Waals surface area contributed by atoms with Gasteiger partial charge in [0, 0.05) is 23.9 Å². The van der Waals surface area contributed by atoms with Crippen molar-refractivity contribution in [2.24, 2.45) is 0 Å². The predicted octanol–water partition coefficient (Wildman–Crippen LogP) is 3.05. The molecular weight excluding hydrogens is 400 g/mol. The topological polar surface area (TPSA) is 84.3 Å². The maximum absolute atomic E-state index is 12.8. The molecule has 0 radical (unpaired) electrons. The highest BCUT2D eigenvalue weighted by Gasteiger charge is 2.43. The zero-order valence-corrected chi connectivity index (χ0v) is 17.3. The lowest BCUT2D eigenvalue weighted by Crippen LogP contribution is -2.40. The zero-order valence-electron chi connectivity index (χ0n) is 15.7. The zero-order chi connectivity index (χ0) is 20.5. The third-order valence-corrected chi connectivity index (χ3v) is 5.69. The highest BCUT2D eigenvalue weighted by atomic mass is 35.5. The Morgan fingerprint density at radius 3 is 2.71 bits per heavy atom. The number of urea groups is 1. The number of carbonyl (C=O) groups excluding carboxylic acids is 2. The number of hydrogen-bond acceptors (Lipinski definition) is 5. The molecule has 1 aliphatic rings. The minimum atomic E-state index is -0.867. The molecular formula is C19H21ClN4O3S. The van der Waals surface area contributed by atoms with E-state index >= 15 is 0 Å². The number of fused-ring (bicyclic) bond motifs is 1. The van der Waals surface area contributed by atoms with Gasteiger partial charge >= 0.3 is 6.03 Å². The molecule has 2 aromatic rings. The Kier molecular flexibility index (Phi) is 5.81. The number of nitrogens with one attached hydrogen (secondary N) is 1. The molecule has 1 saturated heterocycles. The van der Waals surface area contributed by atoms with Crippen molar-refractivity contribution in [2.75, 3.05) is 12.3 Å². The molecule has 0 atom stereocenters. The molecule has 3 rings (SSSR count). The Balaban J connectivity index is 1.74. The highest BCUT2D eigenvalue weighted by Crippen LogP contribution is 2.22. The van der Waals surface area contributed by atoms with E-state index in [2.05, 4.69) is 16.9 Å². The summed E-state index contributed by atoms with van der Waals surface area (Å²) in [5.74, 6) is 0.359. The molecule has 0 spiro atoms. The molecule has 1 aromatic heterocycles. The minimum absolute atomic E-state index is 0.153. The van der Waals surface area contributed by atoms with Crippen molar-refractivity contribution in [1.29, 1.82) is 0 Å². The van der Waals surface area contributed by atoms with Crippen molar-refractivity contribution >= 4 is 46.2 Å². The molecule has 28 heavy (non-hydrogen) atoms. The summed E-state index contributed by atoms with van der Waals surface area (Å²) in [6, 6.07) is 4.62. The van der Waals surface area contributed by atoms with Gasteiger partial charge in [0.2, 0.25) is 0 Å². The lowest BCUT2D eigenvalue weighted by atomic mass is 10.1. The van der Waals surface area contributed by atoms with Gasteiger partial charge in [-0.15, -0.1) is 6.58 Å². The molecule has 1 N–H and O–H groups in total. The molecule has 9 heteroatoms. The van der Waals surface area contributed by atoms with Crippen molar-refractivity contribution in [1.82, 2.24) is 19.8 Å². The average molecular weight is 421 g/mol. The van der Waals surface area contributed by atoms with Crippen LogP contribution >= 0.6 is 23.4 Å². The maximum Gasteiger partial charge on any atom is 0.325 e. The number of rotatable bonds is 7. The van der Waals surface area contributed by atoms with Crippen LogP contribution in [0.4, 0.5) is 4.79 Å². The number of imide groups is 1. The summed E-state index contributed by atoms with van der Waals surface area (Å²) in [6.07, 6.45) is 2.22. The van der Waals surface area contributed by atoms with Crippen LogP contribution in [0.5, 0.6) is 0 Å². The first kappa shape index (κ1) is 20.4. The van der Waals surface area contributed by atoms with E-state index in [4.69, 9.17) is 11.6 Å². The molecule has 148 valence electrons. The summed E-state index contributed by atoms with van der Waals surface area (Å²) in [6.45, 7) is 7.72. The Morgan fingerprint density at radius 1 is 1.32 bits per heavy atom. The van der Waals surface area contributed by atoms with Crippen LogP contribution in [0.2, 0.25) is 5.02 Å². The second-order valence-corrected chi connectivity index (χ2v) is 8.47. The number of carbonyl (C=O) groups is 2. The lowest BCUT2D eigenvalue weighted by Gasteiger charge is -2.16. The fourth-order valence-electron chi connectivity index (χ4n) is 2.98. The van der Waals surface area contributed by atoms with Gasteiger partial charge in [-0.3, -0.25) is 19.1 Å². The van der Waals surface area contributed by atoms with Gasteiger partial charge < -0.3 is 5.32 Å². The van der Waals surface area contributed by atoms with Gasteiger partial charge in [-0.1, -0.05) is 29.4 Å². The molecule has 1 aromatic carbocycles. The Bertz CT molecular complexity index is 1020. The molecule has 2 heterocycles. The van der Waals surface area contributed by atoms with Crippen LogP contribution < -0.4 is 10.9 Å². The summed E-state index contributed by atoms with van der Waals surface area (Å²) in [5.41, 5.74) is -0.482. The monoisotopic (exact) mass is 420 g/mol. The molecule has 0 aliphatic carbocycles. The van der Waals surface area contributed by atoms with Crippen molar-refractivity contribution in [3.63, 3.8) is 0 Å². The smallest absolute Gasteiger partial charge is 0.324 e. The van der Waals surface area contributed by atoms with E-state index in [1.165, 1.54) is 16.7 Å². The van der Waals surface area contributed by atoms with Gasteiger partial charge in [0.05, 0.1) is 10.9 Å². The van der Waals surface area contributed by atoms with Crippen LogP contribution in [0, 0.1) is 0 Å². The van der Waals surface area contributed by atoms with Gasteiger partial charge in [-0.25, -0.2) is 9.78 Å². The van der Waals surface area contributed by atoms with E-state index < -0.39 is 5.54 Å². The number of allylic oxidation sites excluding steroid dienone is 1. The highest BCUT2D eigenvalue weighted by molar-refractivity contribution is 7.99. The number of halogens is 1. The van der Waals surface area contributed by atoms with Gasteiger partial charge in [0.25, 0.3) is 11.5 Å². The summed E-state index contributed by atoms with van der Waals surface area (Å²) in [7, 11) is 0. The molecule has 1 aliphatic heterocycles. The fourth-order valence-corrected chi connectivity index (χ4v) is 4.08. The fraction of sp³-hybridized carbons (Fsp3) is 0.368. The van der Waals surface area contributed by atoms with Crippen molar-refractivity contribution in [2.45, 2.75) is 37.5 Å². The number of nitrogens with zero attached hydrogens (tertiary/aromatic N) is 3. The summed E-state index contributed by atoms with van der Waals surface area (Å²) >= 11 is 7.43. The first-order valence-electron chi connectivity index (χ1n) is 8.82. The lowest BCUT2D eigenvalue weighted by molar-refractivity contribution is -0.130. The van der Waals surface area contributed by atoms with Crippen LogP contribution in [0.25, 0.3) is 10.9 Å². The van der Waals surface area contributed by atoms with Gasteiger partial charge in [-0.05, 0) is 38.5 Å². The third kappa shape index (κ3) is 3.93. The van der Waals surface area contributed by atoms with Gasteiger partial charge in [-0.2, -0.15) is 0 Å². The second kappa shape index (κ2) is 7.97. The number of thioether (sulfide) groups is 1. The predicted molar refractivity (Wildman–Crippen MR) is 111 cm³/mol. The van der Waals surface area contributed by atoms with Gasteiger partial charge in [0.15, 0.2) is 5.16 Å². The normalized spacial score (nSPS) is 15.9. The molecule has 1 fully saturated rings. The number of amides is 3. The summed E-state index contributed by atoms with van der Waals surface area (Å²) < 4.78 is 1.56. The largest absolute Gasteiger partial charge is 0.325 e. The van der Waals surface area contributed by atoms with E-state index in [0.29, 0.717) is 46.3 Å². The van der Waals surface area contributed by atoms with Gasteiger partial charge in [0.1, 0.15) is 5.54 Å². The second-order valence-electron chi connectivity index (χ2n) is 6.97. The van der Waals surface area contributed by atoms with E-state index in [1.807, 2.05) is 0 Å². The van der Waals surface area contributed by atoms with E-state index in [0.717, 1.165) is 0 Å². The molecule has 0 bridgehead atoms. The molecule has 0 saturated carbocycles. The van der Waals surface area contributed by atoms with Crippen LogP contribution in [0.1, 0.15) is 20.3 Å². The van der Waals surface area contributed by atoms with Crippen LogP contribution in [-0.4, -0.2) is 44.2 Å². The summed E-state index contributed by atoms with van der Waals surface area (Å²) in [5, 5.41) is 4.22.